The van der Waals surface area contributed by atoms with Crippen LogP contribution in [0.15, 0.2) is 24.3 Å². The van der Waals surface area contributed by atoms with E-state index in [1.54, 1.807) is 0 Å². The molecule has 6 heteroatoms. The second-order valence-electron chi connectivity index (χ2n) is 10.2. The fourth-order valence-corrected chi connectivity index (χ4v) is 7.30. The third-order valence-electron chi connectivity index (χ3n) is 8.13. The Morgan fingerprint density at radius 1 is 1.00 bits per heavy atom. The van der Waals surface area contributed by atoms with Gasteiger partial charge in [0.05, 0.1) is 24.1 Å². The normalized spacial score (nSPS) is 35.8. The van der Waals surface area contributed by atoms with Gasteiger partial charge in [-0.05, 0) is 81.8 Å². The molecule has 0 amide bonds. The maximum Gasteiger partial charge on any atom is 0.217 e. The standard InChI is InChI=1S/C24H35NO4S/c1-24(13-14-24)30(26,27)25-22-7-4-5-18-15-29-23-8-3-2-6-20(23)17-9-11-19(12-10-17)28-16-21(18)22/h2-3,6,8,17-19,21-22,25H,4-5,7,9-16H2,1H3/t17?,18?,19?,21-,22+/m1/s1. The molecule has 5 nitrogen and oxygen atoms in total. The van der Waals surface area contributed by atoms with Crippen molar-refractivity contribution in [3.8, 4) is 5.75 Å². The largest absolute Gasteiger partial charge is 0.493 e. The lowest BCUT2D eigenvalue weighted by Crippen LogP contribution is -2.51. The summed E-state index contributed by atoms with van der Waals surface area (Å²) >= 11 is 0. The van der Waals surface area contributed by atoms with Crippen molar-refractivity contribution in [1.82, 2.24) is 4.72 Å². The van der Waals surface area contributed by atoms with Gasteiger partial charge in [-0.1, -0.05) is 24.6 Å². The van der Waals surface area contributed by atoms with Crippen molar-refractivity contribution in [2.75, 3.05) is 13.2 Å². The van der Waals surface area contributed by atoms with Crippen LogP contribution >= 0.6 is 0 Å². The quantitative estimate of drug-likeness (QED) is 0.768. The summed E-state index contributed by atoms with van der Waals surface area (Å²) in [6.45, 7) is 3.14. The van der Waals surface area contributed by atoms with Crippen molar-refractivity contribution in [3.63, 3.8) is 0 Å². The van der Waals surface area contributed by atoms with Gasteiger partial charge in [0.2, 0.25) is 10.0 Å². The Kier molecular flexibility index (Phi) is 5.61. The molecule has 1 N–H and O–H groups in total. The van der Waals surface area contributed by atoms with E-state index in [2.05, 4.69) is 29.0 Å². The van der Waals surface area contributed by atoms with Gasteiger partial charge in [-0.15, -0.1) is 0 Å². The number of ether oxygens (including phenoxy) is 2. The molecule has 2 bridgehead atoms. The molecular weight excluding hydrogens is 398 g/mol. The molecule has 1 aromatic rings. The fraction of sp³-hybridized carbons (Fsp3) is 0.750. The van der Waals surface area contributed by atoms with Crippen LogP contribution in [0.2, 0.25) is 0 Å². The van der Waals surface area contributed by atoms with E-state index in [1.165, 1.54) is 5.56 Å². The Morgan fingerprint density at radius 2 is 1.77 bits per heavy atom. The van der Waals surface area contributed by atoms with Crippen molar-refractivity contribution in [3.05, 3.63) is 29.8 Å². The first-order valence-corrected chi connectivity index (χ1v) is 13.3. The van der Waals surface area contributed by atoms with Crippen LogP contribution < -0.4 is 9.46 Å². The van der Waals surface area contributed by atoms with Crippen molar-refractivity contribution < 1.29 is 17.9 Å². The fourth-order valence-electron chi connectivity index (χ4n) is 5.68. The molecule has 1 unspecified atom stereocenters. The molecule has 1 aromatic carbocycles. The van der Waals surface area contributed by atoms with Gasteiger partial charge in [-0.2, -0.15) is 0 Å². The Balaban J connectivity index is 1.39. The van der Waals surface area contributed by atoms with E-state index >= 15 is 0 Å². The minimum atomic E-state index is -3.29. The molecule has 2 aliphatic heterocycles. The van der Waals surface area contributed by atoms with Crippen LogP contribution in [0.1, 0.15) is 76.2 Å². The highest BCUT2D eigenvalue weighted by molar-refractivity contribution is 7.91. The number of benzene rings is 1. The summed E-state index contributed by atoms with van der Waals surface area (Å²) in [6, 6.07) is 8.45. The molecule has 0 spiro atoms. The second kappa shape index (κ2) is 8.10. The van der Waals surface area contributed by atoms with Crippen LogP contribution in [0, 0.1) is 11.8 Å². The number of sulfonamides is 1. The van der Waals surface area contributed by atoms with Gasteiger partial charge in [0, 0.05) is 12.0 Å². The molecule has 3 saturated carbocycles. The molecule has 0 saturated heterocycles. The summed E-state index contributed by atoms with van der Waals surface area (Å²) in [4.78, 5) is 0. The first kappa shape index (κ1) is 20.8. The summed E-state index contributed by atoms with van der Waals surface area (Å²) < 4.78 is 41.2. The van der Waals surface area contributed by atoms with Crippen LogP contribution in [0.5, 0.6) is 5.75 Å². The van der Waals surface area contributed by atoms with Gasteiger partial charge in [-0.3, -0.25) is 0 Å². The lowest BCUT2D eigenvalue weighted by molar-refractivity contribution is -0.0298. The first-order valence-electron chi connectivity index (χ1n) is 11.8. The molecule has 166 valence electrons. The van der Waals surface area contributed by atoms with Gasteiger partial charge in [-0.25, -0.2) is 13.1 Å². The molecule has 6 rings (SSSR count). The lowest BCUT2D eigenvalue weighted by atomic mass is 9.76. The van der Waals surface area contributed by atoms with Gasteiger partial charge >= 0.3 is 0 Å². The Labute approximate surface area is 181 Å². The highest BCUT2D eigenvalue weighted by atomic mass is 32.2. The molecule has 0 aromatic heterocycles. The zero-order chi connectivity index (χ0) is 20.8. The van der Waals surface area contributed by atoms with Gasteiger partial charge in [0.15, 0.2) is 0 Å². The topological polar surface area (TPSA) is 64.6 Å². The van der Waals surface area contributed by atoms with Gasteiger partial charge in [0.25, 0.3) is 0 Å². The Bertz CT molecular complexity index is 858. The molecule has 30 heavy (non-hydrogen) atoms. The van der Waals surface area contributed by atoms with E-state index < -0.39 is 14.8 Å². The number of hydrogen-bond acceptors (Lipinski definition) is 4. The summed E-state index contributed by atoms with van der Waals surface area (Å²) in [5, 5.41) is 0. The molecular formula is C24H35NO4S. The van der Waals surface area contributed by atoms with Crippen LogP contribution in [0.25, 0.3) is 0 Å². The van der Waals surface area contributed by atoms with E-state index in [9.17, 15) is 8.42 Å². The number of hydrogen-bond donors (Lipinski definition) is 1. The molecule has 3 atom stereocenters. The van der Waals surface area contributed by atoms with E-state index in [-0.39, 0.29) is 12.0 Å². The summed E-state index contributed by atoms with van der Waals surface area (Å²) in [6.07, 6.45) is 9.24. The summed E-state index contributed by atoms with van der Waals surface area (Å²) in [5.74, 6) is 2.06. The number of nitrogens with one attached hydrogen (secondary N) is 1. The van der Waals surface area contributed by atoms with E-state index in [0.29, 0.717) is 31.2 Å². The third kappa shape index (κ3) is 4.03. The van der Waals surface area contributed by atoms with Crippen molar-refractivity contribution >= 4 is 10.0 Å². The minimum absolute atomic E-state index is 0.0516. The van der Waals surface area contributed by atoms with Gasteiger partial charge in [0.1, 0.15) is 5.75 Å². The number of fused-ring (bicyclic) bond motifs is 4. The zero-order valence-corrected chi connectivity index (χ0v) is 18.8. The predicted octanol–water partition coefficient (Wildman–Crippen LogP) is 4.38. The number of para-hydroxylation sites is 1. The maximum atomic E-state index is 12.9. The van der Waals surface area contributed by atoms with E-state index in [0.717, 1.165) is 63.5 Å². The molecule has 0 radical (unpaired) electrons. The highest BCUT2D eigenvalue weighted by Crippen LogP contribution is 2.44. The molecule has 3 fully saturated rings. The van der Waals surface area contributed by atoms with E-state index in [4.69, 9.17) is 9.47 Å². The minimum Gasteiger partial charge on any atom is -0.493 e. The monoisotopic (exact) mass is 433 g/mol. The second-order valence-corrected chi connectivity index (χ2v) is 12.4. The molecule has 3 aliphatic carbocycles. The van der Waals surface area contributed by atoms with E-state index in [1.807, 2.05) is 6.92 Å². The summed E-state index contributed by atoms with van der Waals surface area (Å²) in [7, 11) is -3.29. The van der Waals surface area contributed by atoms with Crippen molar-refractivity contribution in [2.24, 2.45) is 11.8 Å². The highest BCUT2D eigenvalue weighted by Gasteiger charge is 2.51. The van der Waals surface area contributed by atoms with Crippen LogP contribution in [-0.4, -0.2) is 38.5 Å². The van der Waals surface area contributed by atoms with Gasteiger partial charge < -0.3 is 9.47 Å². The van der Waals surface area contributed by atoms with Crippen LogP contribution in [-0.2, 0) is 14.8 Å². The third-order valence-corrected chi connectivity index (χ3v) is 10.5. The van der Waals surface area contributed by atoms with Crippen LogP contribution in [0.3, 0.4) is 0 Å². The SMILES string of the molecule is CC1(S(=O)(=O)N[C@H]2CCCC3COc4ccccc4C4CCC(CC4)OC[C@H]32)CC1. The predicted molar refractivity (Wildman–Crippen MR) is 117 cm³/mol. The van der Waals surface area contributed by atoms with Crippen LogP contribution in [0.4, 0.5) is 0 Å². The maximum absolute atomic E-state index is 12.9. The van der Waals surface area contributed by atoms with Crippen molar-refractivity contribution in [2.45, 2.75) is 87.5 Å². The Hall–Kier alpha value is -1.11. The number of rotatable bonds is 3. The average Bonchev–Trinajstić information content (AvgIpc) is 3.50. The molecule has 2 heterocycles. The van der Waals surface area contributed by atoms with Crippen molar-refractivity contribution in [1.29, 1.82) is 0 Å². The Morgan fingerprint density at radius 3 is 2.53 bits per heavy atom. The smallest absolute Gasteiger partial charge is 0.217 e. The summed E-state index contributed by atoms with van der Waals surface area (Å²) in [5.41, 5.74) is 1.34. The molecule has 5 aliphatic rings. The first-order chi connectivity index (χ1) is 14.5. The zero-order valence-electron chi connectivity index (χ0n) is 18.0. The average molecular weight is 434 g/mol. The lowest BCUT2D eigenvalue weighted by Gasteiger charge is -2.40.